The van der Waals surface area contributed by atoms with Crippen molar-refractivity contribution >= 4 is 17.9 Å². The number of ether oxygens (including phenoxy) is 4. The van der Waals surface area contributed by atoms with Crippen LogP contribution in [0.5, 0.6) is 23.0 Å². The van der Waals surface area contributed by atoms with Crippen LogP contribution in [0.3, 0.4) is 0 Å². The van der Waals surface area contributed by atoms with Gasteiger partial charge in [0.2, 0.25) is 0 Å². The van der Waals surface area contributed by atoms with E-state index < -0.39 is 0 Å². The first-order valence-corrected chi connectivity index (χ1v) is 12.4. The van der Waals surface area contributed by atoms with Crippen LogP contribution < -0.4 is 18.9 Å². The second kappa shape index (κ2) is 11.7. The fourth-order valence-corrected chi connectivity index (χ4v) is 4.98. The maximum Gasteiger partial charge on any atom is 0.187 e. The number of piperidine rings is 2. The average molecular weight is 505 g/mol. The summed E-state index contributed by atoms with van der Waals surface area (Å²) in [7, 11) is 10.7. The van der Waals surface area contributed by atoms with Crippen molar-refractivity contribution in [1.82, 2.24) is 9.80 Å². The van der Waals surface area contributed by atoms with E-state index in [2.05, 4.69) is 22.9 Å². The molecule has 2 heterocycles. The Labute approximate surface area is 219 Å². The lowest BCUT2D eigenvalue weighted by molar-refractivity contribution is -0.113. The van der Waals surface area contributed by atoms with Gasteiger partial charge in [-0.2, -0.15) is 0 Å². The quantitative estimate of drug-likeness (QED) is 0.543. The second-order valence-electron chi connectivity index (χ2n) is 9.50. The van der Waals surface area contributed by atoms with Crippen LogP contribution in [-0.4, -0.2) is 84.3 Å². The number of carbonyl (C=O) groups is 1. The third kappa shape index (κ3) is 5.89. The predicted molar refractivity (Wildman–Crippen MR) is 147 cm³/mol. The molecule has 0 N–H and O–H groups in total. The standard InChI is InChI=1S/C30H36N2O5/c1-31-12-11-26(22(17-31)13-20-15-24(34-3)7-9-28(20)36-5)27-19-32(2)18-23(30(27)33)14-21-16-25(35-4)8-10-29(21)37-6/h7-10,13-16H,11-12,17-19H2,1-6H3/b22-13+,23-14+,27-26-. The third-order valence-electron chi connectivity index (χ3n) is 6.90. The monoisotopic (exact) mass is 504 g/mol. The normalized spacial score (nSPS) is 21.4. The number of likely N-dealkylation sites (tertiary alicyclic amines) is 2. The van der Waals surface area contributed by atoms with Gasteiger partial charge >= 0.3 is 0 Å². The van der Waals surface area contributed by atoms with Gasteiger partial charge in [-0.15, -0.1) is 0 Å². The lowest BCUT2D eigenvalue weighted by Crippen LogP contribution is -2.37. The zero-order valence-electron chi connectivity index (χ0n) is 22.6. The molecule has 0 unspecified atom stereocenters. The number of nitrogens with zero attached hydrogens (tertiary/aromatic N) is 2. The van der Waals surface area contributed by atoms with Gasteiger partial charge in [0.15, 0.2) is 5.78 Å². The zero-order valence-corrected chi connectivity index (χ0v) is 22.6. The number of hydrogen-bond donors (Lipinski definition) is 0. The molecule has 7 heteroatoms. The summed E-state index contributed by atoms with van der Waals surface area (Å²) in [5, 5.41) is 0. The summed E-state index contributed by atoms with van der Waals surface area (Å²) < 4.78 is 22.0. The average Bonchev–Trinajstić information content (AvgIpc) is 2.90. The van der Waals surface area contributed by atoms with Gasteiger partial charge in [0.1, 0.15) is 23.0 Å². The molecule has 7 nitrogen and oxygen atoms in total. The molecule has 0 radical (unpaired) electrons. The minimum atomic E-state index is 0.0889. The maximum absolute atomic E-state index is 13.9. The van der Waals surface area contributed by atoms with Crippen LogP contribution in [0.15, 0.2) is 58.7 Å². The summed E-state index contributed by atoms with van der Waals surface area (Å²) in [5.41, 5.74) is 5.58. The highest BCUT2D eigenvalue weighted by atomic mass is 16.5. The largest absolute Gasteiger partial charge is 0.497 e. The molecule has 2 fully saturated rings. The first kappa shape index (κ1) is 26.5. The highest BCUT2D eigenvalue weighted by molar-refractivity contribution is 6.13. The van der Waals surface area contributed by atoms with E-state index in [1.165, 1.54) is 0 Å². The van der Waals surface area contributed by atoms with Crippen LogP contribution in [0.25, 0.3) is 12.2 Å². The van der Waals surface area contributed by atoms with Crippen molar-refractivity contribution in [3.8, 4) is 23.0 Å². The molecular formula is C30H36N2O5. The van der Waals surface area contributed by atoms with Crippen LogP contribution >= 0.6 is 0 Å². The maximum atomic E-state index is 13.9. The Kier molecular flexibility index (Phi) is 8.36. The number of hydrogen-bond acceptors (Lipinski definition) is 7. The summed E-state index contributed by atoms with van der Waals surface area (Å²) in [5.74, 6) is 3.04. The van der Waals surface area contributed by atoms with E-state index in [4.69, 9.17) is 18.9 Å². The van der Waals surface area contributed by atoms with Crippen molar-refractivity contribution in [2.45, 2.75) is 6.42 Å². The Morgan fingerprint density at radius 3 is 1.76 bits per heavy atom. The van der Waals surface area contributed by atoms with E-state index in [0.29, 0.717) is 18.8 Å². The summed E-state index contributed by atoms with van der Waals surface area (Å²) in [6.45, 7) is 2.82. The molecule has 0 amide bonds. The Balaban J connectivity index is 1.80. The topological polar surface area (TPSA) is 60.5 Å². The van der Waals surface area contributed by atoms with Crippen molar-refractivity contribution < 1.29 is 23.7 Å². The first-order valence-electron chi connectivity index (χ1n) is 12.4. The number of likely N-dealkylation sites (N-methyl/N-ethyl adjacent to an activating group) is 2. The van der Waals surface area contributed by atoms with E-state index in [9.17, 15) is 4.79 Å². The number of methoxy groups -OCH3 is 4. The first-order chi connectivity index (χ1) is 17.9. The lowest BCUT2D eigenvalue weighted by atomic mass is 9.85. The molecule has 2 saturated heterocycles. The van der Waals surface area contributed by atoms with Gasteiger partial charge in [-0.05, 0) is 80.2 Å². The molecule has 2 aliphatic rings. The molecule has 2 aromatic rings. The van der Waals surface area contributed by atoms with Gasteiger partial charge in [-0.3, -0.25) is 9.69 Å². The molecule has 0 saturated carbocycles. The van der Waals surface area contributed by atoms with Crippen molar-refractivity contribution in [2.24, 2.45) is 0 Å². The van der Waals surface area contributed by atoms with Gasteiger partial charge in [-0.25, -0.2) is 0 Å². The van der Waals surface area contributed by atoms with Gasteiger partial charge < -0.3 is 23.8 Å². The highest BCUT2D eigenvalue weighted by Gasteiger charge is 2.30. The van der Waals surface area contributed by atoms with E-state index in [-0.39, 0.29) is 5.78 Å². The molecule has 0 aromatic heterocycles. The van der Waals surface area contributed by atoms with Crippen molar-refractivity contribution in [2.75, 3.05) is 68.7 Å². The van der Waals surface area contributed by atoms with Gasteiger partial charge in [0.25, 0.3) is 0 Å². The molecule has 0 spiro atoms. The number of ketones is 1. The van der Waals surface area contributed by atoms with E-state index in [1.807, 2.05) is 49.5 Å². The summed E-state index contributed by atoms with van der Waals surface area (Å²) >= 11 is 0. The van der Waals surface area contributed by atoms with Crippen LogP contribution in [0, 0.1) is 0 Å². The molecule has 196 valence electrons. The molecular weight excluding hydrogens is 468 g/mol. The summed E-state index contributed by atoms with van der Waals surface area (Å²) in [4.78, 5) is 18.4. The van der Waals surface area contributed by atoms with E-state index >= 15 is 0 Å². The van der Waals surface area contributed by atoms with Gasteiger partial charge in [-0.1, -0.05) is 0 Å². The molecule has 0 atom stereocenters. The predicted octanol–water partition coefficient (Wildman–Crippen LogP) is 4.33. The fraction of sp³-hybridized carbons (Fsp3) is 0.367. The molecule has 0 bridgehead atoms. The van der Waals surface area contributed by atoms with Crippen LogP contribution in [0.2, 0.25) is 0 Å². The van der Waals surface area contributed by atoms with Gasteiger partial charge in [0.05, 0.1) is 28.4 Å². The number of carbonyl (C=O) groups excluding carboxylic acids is 1. The molecule has 2 aromatic carbocycles. The van der Waals surface area contributed by atoms with Crippen LogP contribution in [0.4, 0.5) is 0 Å². The summed E-state index contributed by atoms with van der Waals surface area (Å²) in [6.07, 6.45) is 4.87. The third-order valence-corrected chi connectivity index (χ3v) is 6.90. The molecule has 0 aliphatic carbocycles. The van der Waals surface area contributed by atoms with Crippen LogP contribution in [-0.2, 0) is 4.79 Å². The molecule has 37 heavy (non-hydrogen) atoms. The smallest absolute Gasteiger partial charge is 0.187 e. The molecule has 2 aliphatic heterocycles. The van der Waals surface area contributed by atoms with Crippen molar-refractivity contribution in [3.05, 3.63) is 69.8 Å². The lowest BCUT2D eigenvalue weighted by Gasteiger charge is -2.33. The Morgan fingerprint density at radius 2 is 1.22 bits per heavy atom. The van der Waals surface area contributed by atoms with E-state index in [1.54, 1.807) is 28.4 Å². The number of Topliss-reactive ketones (excluding diaryl/α,β-unsaturated/α-hetero) is 1. The molecule has 4 rings (SSSR count). The van der Waals surface area contributed by atoms with E-state index in [0.717, 1.165) is 70.2 Å². The second-order valence-corrected chi connectivity index (χ2v) is 9.50. The Bertz CT molecular complexity index is 1260. The van der Waals surface area contributed by atoms with Gasteiger partial charge in [0, 0.05) is 48.5 Å². The summed E-state index contributed by atoms with van der Waals surface area (Å²) in [6, 6.07) is 11.4. The highest BCUT2D eigenvalue weighted by Crippen LogP contribution is 2.34. The fourth-order valence-electron chi connectivity index (χ4n) is 4.98. The van der Waals surface area contributed by atoms with Crippen molar-refractivity contribution in [1.29, 1.82) is 0 Å². The Hall–Kier alpha value is -3.55. The number of benzene rings is 2. The number of rotatable bonds is 6. The SMILES string of the molecule is COc1ccc(OC)c(/C=C2\CN(C)CC\C2=C2/CN(C)C/C(=C\c3cc(OC)ccc3OC)C2=O)c1. The zero-order chi connectivity index (χ0) is 26.5. The Morgan fingerprint density at radius 1 is 0.676 bits per heavy atom. The minimum absolute atomic E-state index is 0.0889. The van der Waals surface area contributed by atoms with Crippen LogP contribution in [0.1, 0.15) is 17.5 Å². The van der Waals surface area contributed by atoms with Crippen molar-refractivity contribution in [3.63, 3.8) is 0 Å². The minimum Gasteiger partial charge on any atom is -0.497 e.